The van der Waals surface area contributed by atoms with Gasteiger partial charge in [0.05, 0.1) is 10.0 Å². The SMILES string of the molecule is [O-][P+]([O-])([O-])c1c(Cl)ccc(Cl)c1Cl. The van der Waals surface area contributed by atoms with Gasteiger partial charge in [0.1, 0.15) is 10.3 Å². The molecule has 0 aromatic heterocycles. The zero-order chi connectivity index (χ0) is 10.2. The minimum absolute atomic E-state index is 0.0204. The van der Waals surface area contributed by atoms with Crippen molar-refractivity contribution >= 4 is 48.1 Å². The van der Waals surface area contributed by atoms with Gasteiger partial charge in [0.25, 0.3) is 0 Å². The standard InChI is InChI=1S/C6H4Cl3O3P/c7-3-1-2-4(8)6(5(3)9)13(10,11)12/h1-2H,(H2,10,11,12)/p-2. The highest BCUT2D eigenvalue weighted by Gasteiger charge is 2.16. The Hall–Kier alpha value is 0.400. The van der Waals surface area contributed by atoms with Gasteiger partial charge in [-0.1, -0.05) is 34.8 Å². The van der Waals surface area contributed by atoms with Gasteiger partial charge in [-0.3, -0.25) is 0 Å². The molecule has 1 aromatic carbocycles. The summed E-state index contributed by atoms with van der Waals surface area (Å²) in [5.74, 6) is 0. The van der Waals surface area contributed by atoms with E-state index in [-0.39, 0.29) is 15.1 Å². The molecule has 0 bridgehead atoms. The van der Waals surface area contributed by atoms with E-state index >= 15 is 0 Å². The van der Waals surface area contributed by atoms with Gasteiger partial charge >= 0.3 is 0 Å². The summed E-state index contributed by atoms with van der Waals surface area (Å²) in [6.07, 6.45) is 0. The zero-order valence-electron chi connectivity index (χ0n) is 5.96. The Morgan fingerprint density at radius 2 is 1.38 bits per heavy atom. The van der Waals surface area contributed by atoms with Crippen LogP contribution in [0.1, 0.15) is 0 Å². The number of hydrogen-bond donors (Lipinski definition) is 0. The Balaban J connectivity index is 3.43. The fourth-order valence-corrected chi connectivity index (χ4v) is 2.68. The maximum atomic E-state index is 10.7. The lowest BCUT2D eigenvalue weighted by molar-refractivity contribution is -0.421. The van der Waals surface area contributed by atoms with Crippen molar-refractivity contribution in [2.75, 3.05) is 0 Å². The van der Waals surface area contributed by atoms with Crippen LogP contribution in [0.4, 0.5) is 0 Å². The molecule has 0 aliphatic heterocycles. The van der Waals surface area contributed by atoms with Crippen molar-refractivity contribution < 1.29 is 14.7 Å². The van der Waals surface area contributed by atoms with Crippen LogP contribution < -0.4 is 20.0 Å². The molecular formula is C6H2Cl3O3P-2. The van der Waals surface area contributed by atoms with E-state index < -0.39 is 13.2 Å². The Labute approximate surface area is 90.1 Å². The van der Waals surface area contributed by atoms with E-state index in [2.05, 4.69) is 0 Å². The van der Waals surface area contributed by atoms with Crippen LogP contribution in [0.2, 0.25) is 15.1 Å². The van der Waals surface area contributed by atoms with E-state index in [0.717, 1.165) is 0 Å². The zero-order valence-corrected chi connectivity index (χ0v) is 9.12. The number of halogens is 3. The largest absolute Gasteiger partial charge is 0.683 e. The molecule has 7 heteroatoms. The molecular weight excluding hydrogens is 257 g/mol. The first kappa shape index (κ1) is 11.5. The molecule has 1 rings (SSSR count). The van der Waals surface area contributed by atoms with Crippen LogP contribution in [0.15, 0.2) is 12.1 Å². The van der Waals surface area contributed by atoms with Crippen molar-refractivity contribution in [1.29, 1.82) is 0 Å². The third-order valence-electron chi connectivity index (χ3n) is 1.29. The summed E-state index contributed by atoms with van der Waals surface area (Å²) in [7, 11) is -4.97. The maximum absolute atomic E-state index is 10.7. The monoisotopic (exact) mass is 258 g/mol. The topological polar surface area (TPSA) is 69.2 Å². The first-order valence-electron chi connectivity index (χ1n) is 3.00. The maximum Gasteiger partial charge on any atom is 0.115 e. The average Bonchev–Trinajstić information content (AvgIpc) is 1.95. The summed E-state index contributed by atoms with van der Waals surface area (Å²) >= 11 is 16.5. The summed E-state index contributed by atoms with van der Waals surface area (Å²) in [5.41, 5.74) is 0. The van der Waals surface area contributed by atoms with E-state index in [1.54, 1.807) is 0 Å². The Kier molecular flexibility index (Phi) is 3.42. The number of benzene rings is 1. The molecule has 0 amide bonds. The second kappa shape index (κ2) is 3.87. The van der Waals surface area contributed by atoms with Crippen LogP contribution in [-0.2, 0) is 0 Å². The molecule has 0 aliphatic carbocycles. The fraction of sp³-hybridized carbons (Fsp3) is 0. The van der Waals surface area contributed by atoms with Crippen LogP contribution in [0.3, 0.4) is 0 Å². The molecule has 0 atom stereocenters. The predicted octanol–water partition coefficient (Wildman–Crippen LogP) is 0.116. The van der Waals surface area contributed by atoms with E-state index in [0.29, 0.717) is 0 Å². The van der Waals surface area contributed by atoms with Crippen LogP contribution >= 0.6 is 42.7 Å². The molecule has 0 spiro atoms. The molecule has 0 saturated carbocycles. The molecule has 13 heavy (non-hydrogen) atoms. The summed E-state index contributed by atoms with van der Waals surface area (Å²) in [6.45, 7) is 0. The molecule has 0 saturated heterocycles. The quantitative estimate of drug-likeness (QED) is 0.531. The molecule has 72 valence electrons. The highest BCUT2D eigenvalue weighted by molar-refractivity contribution is 7.63. The van der Waals surface area contributed by atoms with E-state index in [1.807, 2.05) is 0 Å². The van der Waals surface area contributed by atoms with Crippen molar-refractivity contribution in [3.8, 4) is 0 Å². The van der Waals surface area contributed by atoms with Crippen LogP contribution in [-0.4, -0.2) is 0 Å². The lowest BCUT2D eigenvalue weighted by atomic mass is 10.4. The van der Waals surface area contributed by atoms with Gasteiger partial charge < -0.3 is 14.7 Å². The summed E-state index contributed by atoms with van der Waals surface area (Å²) in [4.78, 5) is 32.0. The van der Waals surface area contributed by atoms with Gasteiger partial charge in [-0.15, -0.1) is 7.94 Å². The van der Waals surface area contributed by atoms with Gasteiger partial charge in [-0.05, 0) is 12.1 Å². The Bertz CT molecular complexity index is 337. The van der Waals surface area contributed by atoms with E-state index in [4.69, 9.17) is 34.8 Å². The smallest absolute Gasteiger partial charge is 0.115 e. The van der Waals surface area contributed by atoms with Crippen molar-refractivity contribution in [3.05, 3.63) is 27.2 Å². The molecule has 3 nitrogen and oxygen atoms in total. The molecule has 0 N–H and O–H groups in total. The third kappa shape index (κ3) is 2.45. The van der Waals surface area contributed by atoms with Crippen molar-refractivity contribution in [2.24, 2.45) is 0 Å². The highest BCUT2D eigenvalue weighted by Crippen LogP contribution is 2.37. The summed E-state index contributed by atoms with van der Waals surface area (Å²) in [6, 6.07) is 2.51. The van der Waals surface area contributed by atoms with Gasteiger partial charge in [0.15, 0.2) is 0 Å². The van der Waals surface area contributed by atoms with Gasteiger partial charge in [-0.2, -0.15) is 0 Å². The normalized spacial score (nSPS) is 11.8. The van der Waals surface area contributed by atoms with E-state index in [9.17, 15) is 14.7 Å². The average molecular weight is 259 g/mol. The van der Waals surface area contributed by atoms with Crippen molar-refractivity contribution in [1.82, 2.24) is 0 Å². The van der Waals surface area contributed by atoms with Crippen LogP contribution in [0, 0.1) is 0 Å². The first-order valence-corrected chi connectivity index (χ1v) is 5.68. The Morgan fingerprint density at radius 1 is 0.923 bits per heavy atom. The second-order valence-electron chi connectivity index (χ2n) is 2.19. The number of hydrogen-bond acceptors (Lipinski definition) is 3. The molecule has 0 fully saturated rings. The summed E-state index contributed by atoms with van der Waals surface area (Å²) in [5, 5.41) is -1.22. The minimum Gasteiger partial charge on any atom is -0.683 e. The third-order valence-corrected chi connectivity index (χ3v) is 3.69. The highest BCUT2D eigenvalue weighted by atomic mass is 35.5. The van der Waals surface area contributed by atoms with Crippen LogP contribution in [0.25, 0.3) is 0 Å². The van der Waals surface area contributed by atoms with Crippen molar-refractivity contribution in [2.45, 2.75) is 0 Å². The Morgan fingerprint density at radius 3 is 1.77 bits per heavy atom. The molecule has 0 heterocycles. The lowest BCUT2D eigenvalue weighted by Gasteiger charge is -2.42. The summed E-state index contributed by atoms with van der Waals surface area (Å²) < 4.78 is 0. The van der Waals surface area contributed by atoms with Crippen LogP contribution in [0.5, 0.6) is 0 Å². The van der Waals surface area contributed by atoms with E-state index in [1.165, 1.54) is 12.1 Å². The van der Waals surface area contributed by atoms with Crippen molar-refractivity contribution in [3.63, 3.8) is 0 Å². The van der Waals surface area contributed by atoms with Gasteiger partial charge in [-0.25, -0.2) is 0 Å². The number of rotatable bonds is 1. The molecule has 0 unspecified atom stereocenters. The predicted molar refractivity (Wildman–Crippen MR) is 48.0 cm³/mol. The minimum atomic E-state index is -4.97. The van der Waals surface area contributed by atoms with Gasteiger partial charge in [0, 0.05) is 0 Å². The molecule has 1 aromatic rings. The lowest BCUT2D eigenvalue weighted by Crippen LogP contribution is -2.41. The molecule has 0 aliphatic rings. The second-order valence-corrected chi connectivity index (χ2v) is 4.82. The van der Waals surface area contributed by atoms with Gasteiger partial charge in [0.2, 0.25) is 0 Å². The first-order chi connectivity index (χ1) is 5.84. The fourth-order valence-electron chi connectivity index (χ4n) is 0.767. The molecule has 0 radical (unpaired) electrons.